The van der Waals surface area contributed by atoms with Crippen LogP contribution >= 0.6 is 11.6 Å². The van der Waals surface area contributed by atoms with Crippen molar-refractivity contribution in [3.63, 3.8) is 0 Å². The van der Waals surface area contributed by atoms with Gasteiger partial charge in [0.25, 0.3) is 0 Å². The van der Waals surface area contributed by atoms with Crippen LogP contribution in [0.4, 0.5) is 5.69 Å². The van der Waals surface area contributed by atoms with Gasteiger partial charge in [-0.3, -0.25) is 4.90 Å². The molecule has 5 heteroatoms. The van der Waals surface area contributed by atoms with Crippen LogP contribution in [0.1, 0.15) is 29.9 Å². The summed E-state index contributed by atoms with van der Waals surface area (Å²) in [5.41, 5.74) is 3.90. The average Bonchev–Trinajstić information content (AvgIpc) is 2.63. The molecule has 126 valence electrons. The monoisotopic (exact) mass is 342 g/mol. The highest BCUT2D eigenvalue weighted by Crippen LogP contribution is 2.21. The lowest BCUT2D eigenvalue weighted by atomic mass is 9.97. The van der Waals surface area contributed by atoms with E-state index in [0.717, 1.165) is 56.4 Å². The summed E-state index contributed by atoms with van der Waals surface area (Å²) in [6.07, 6.45) is 6.87. The summed E-state index contributed by atoms with van der Waals surface area (Å²) in [6, 6.07) is 8.13. The molecule has 1 aliphatic carbocycles. The highest BCUT2D eigenvalue weighted by Gasteiger charge is 2.19. The number of hydrogen-bond donors (Lipinski definition) is 0. The van der Waals surface area contributed by atoms with Crippen LogP contribution in [0.5, 0.6) is 0 Å². The zero-order valence-corrected chi connectivity index (χ0v) is 14.7. The summed E-state index contributed by atoms with van der Waals surface area (Å²) in [7, 11) is 0. The van der Waals surface area contributed by atoms with E-state index >= 15 is 0 Å². The molecule has 0 N–H and O–H groups in total. The van der Waals surface area contributed by atoms with Crippen LogP contribution in [0, 0.1) is 0 Å². The highest BCUT2D eigenvalue weighted by atomic mass is 35.5. The third-order valence-electron chi connectivity index (χ3n) is 5.04. The van der Waals surface area contributed by atoms with E-state index < -0.39 is 0 Å². The molecule has 2 aromatic rings. The van der Waals surface area contributed by atoms with Crippen LogP contribution in [0.25, 0.3) is 0 Å². The van der Waals surface area contributed by atoms with E-state index in [1.54, 1.807) is 0 Å². The van der Waals surface area contributed by atoms with Crippen molar-refractivity contribution in [2.24, 2.45) is 0 Å². The van der Waals surface area contributed by atoms with E-state index in [1.807, 2.05) is 12.1 Å². The molecule has 0 unspecified atom stereocenters. The Morgan fingerprint density at radius 2 is 1.71 bits per heavy atom. The first-order chi connectivity index (χ1) is 11.8. The van der Waals surface area contributed by atoms with Crippen LogP contribution < -0.4 is 4.90 Å². The van der Waals surface area contributed by atoms with Gasteiger partial charge in [-0.05, 0) is 55.5 Å². The Bertz CT molecular complexity index is 693. The lowest BCUT2D eigenvalue weighted by Crippen LogP contribution is -2.46. The first-order valence-corrected chi connectivity index (χ1v) is 9.22. The van der Waals surface area contributed by atoms with Crippen LogP contribution in [-0.4, -0.2) is 41.0 Å². The fourth-order valence-electron chi connectivity index (χ4n) is 3.61. The number of piperazine rings is 1. The van der Waals surface area contributed by atoms with Crippen LogP contribution in [0.3, 0.4) is 0 Å². The molecule has 4 nitrogen and oxygen atoms in total. The van der Waals surface area contributed by atoms with Gasteiger partial charge in [-0.25, -0.2) is 9.97 Å². The topological polar surface area (TPSA) is 32.3 Å². The van der Waals surface area contributed by atoms with Gasteiger partial charge in [-0.2, -0.15) is 0 Å². The van der Waals surface area contributed by atoms with E-state index in [9.17, 15) is 0 Å². The lowest BCUT2D eigenvalue weighted by Gasteiger charge is -2.35. The fraction of sp³-hybridized carbons (Fsp3) is 0.474. The van der Waals surface area contributed by atoms with E-state index in [-0.39, 0.29) is 0 Å². The second-order valence-corrected chi connectivity index (χ2v) is 7.14. The molecular formula is C19H23ClN4. The van der Waals surface area contributed by atoms with E-state index in [4.69, 9.17) is 16.6 Å². The Morgan fingerprint density at radius 3 is 2.50 bits per heavy atom. The molecule has 0 bridgehead atoms. The Morgan fingerprint density at radius 1 is 0.958 bits per heavy atom. The SMILES string of the molecule is Clc1ccc(N2CCN(Cc3ncc4c(n3)CCCC4)CC2)cc1. The smallest absolute Gasteiger partial charge is 0.142 e. The number of rotatable bonds is 3. The maximum atomic E-state index is 5.97. The number of aryl methyl sites for hydroxylation is 2. The number of halogens is 1. The third kappa shape index (κ3) is 3.55. The van der Waals surface area contributed by atoms with Crippen LogP contribution in [0.15, 0.2) is 30.5 Å². The zero-order chi connectivity index (χ0) is 16.4. The maximum absolute atomic E-state index is 5.97. The first-order valence-electron chi connectivity index (χ1n) is 8.84. The minimum Gasteiger partial charge on any atom is -0.369 e. The lowest BCUT2D eigenvalue weighted by molar-refractivity contribution is 0.243. The van der Waals surface area contributed by atoms with Crippen molar-refractivity contribution in [1.29, 1.82) is 0 Å². The van der Waals surface area contributed by atoms with Crippen molar-refractivity contribution in [2.45, 2.75) is 32.2 Å². The van der Waals surface area contributed by atoms with Crippen molar-refractivity contribution >= 4 is 17.3 Å². The average molecular weight is 343 g/mol. The largest absolute Gasteiger partial charge is 0.369 e. The summed E-state index contributed by atoms with van der Waals surface area (Å²) in [5, 5.41) is 0.793. The van der Waals surface area contributed by atoms with E-state index in [0.29, 0.717) is 0 Å². The van der Waals surface area contributed by atoms with Gasteiger partial charge in [0.05, 0.1) is 6.54 Å². The molecular weight excluding hydrogens is 320 g/mol. The van der Waals surface area contributed by atoms with E-state index in [1.165, 1.54) is 29.8 Å². The van der Waals surface area contributed by atoms with Gasteiger partial charge >= 0.3 is 0 Å². The second-order valence-electron chi connectivity index (χ2n) is 6.70. The quantitative estimate of drug-likeness (QED) is 0.856. The van der Waals surface area contributed by atoms with Crippen molar-refractivity contribution < 1.29 is 0 Å². The molecule has 1 aromatic carbocycles. The molecule has 0 amide bonds. The van der Waals surface area contributed by atoms with Crippen LogP contribution in [0.2, 0.25) is 5.02 Å². The minimum atomic E-state index is 0.793. The molecule has 0 saturated carbocycles. The zero-order valence-electron chi connectivity index (χ0n) is 13.9. The van der Waals surface area contributed by atoms with Gasteiger partial charge in [0.2, 0.25) is 0 Å². The Kier molecular flexibility index (Phi) is 4.67. The molecule has 0 atom stereocenters. The number of benzene rings is 1. The molecule has 2 aliphatic rings. The fourth-order valence-corrected chi connectivity index (χ4v) is 3.73. The summed E-state index contributed by atoms with van der Waals surface area (Å²) >= 11 is 5.97. The molecule has 1 fully saturated rings. The number of fused-ring (bicyclic) bond motifs is 1. The maximum Gasteiger partial charge on any atom is 0.142 e. The number of nitrogens with zero attached hydrogens (tertiary/aromatic N) is 4. The number of aromatic nitrogens is 2. The normalized spacial score (nSPS) is 18.5. The molecule has 1 aliphatic heterocycles. The van der Waals surface area contributed by atoms with Crippen molar-refractivity contribution in [3.05, 3.63) is 52.6 Å². The van der Waals surface area contributed by atoms with Crippen molar-refractivity contribution in [2.75, 3.05) is 31.1 Å². The predicted molar refractivity (Wildman–Crippen MR) is 97.6 cm³/mol. The number of hydrogen-bond acceptors (Lipinski definition) is 4. The van der Waals surface area contributed by atoms with Crippen molar-refractivity contribution in [3.8, 4) is 0 Å². The Hall–Kier alpha value is -1.65. The van der Waals surface area contributed by atoms with Gasteiger partial charge in [0, 0.05) is 48.8 Å². The third-order valence-corrected chi connectivity index (χ3v) is 5.29. The summed E-state index contributed by atoms with van der Waals surface area (Å²) in [6.45, 7) is 5.02. The van der Waals surface area contributed by atoms with E-state index in [2.05, 4.69) is 33.1 Å². The van der Waals surface area contributed by atoms with Crippen LogP contribution in [-0.2, 0) is 19.4 Å². The molecule has 1 aromatic heterocycles. The molecule has 24 heavy (non-hydrogen) atoms. The Labute approximate surface area is 148 Å². The van der Waals surface area contributed by atoms with Gasteiger partial charge in [-0.1, -0.05) is 11.6 Å². The van der Waals surface area contributed by atoms with Gasteiger partial charge in [0.1, 0.15) is 5.82 Å². The molecule has 2 heterocycles. The second kappa shape index (κ2) is 7.08. The molecule has 4 rings (SSSR count). The van der Waals surface area contributed by atoms with Crippen molar-refractivity contribution in [1.82, 2.24) is 14.9 Å². The number of anilines is 1. The highest BCUT2D eigenvalue weighted by molar-refractivity contribution is 6.30. The first kappa shape index (κ1) is 15.9. The Balaban J connectivity index is 1.35. The summed E-state index contributed by atoms with van der Waals surface area (Å²) in [5.74, 6) is 0.982. The predicted octanol–water partition coefficient (Wildman–Crippen LogP) is 3.33. The summed E-state index contributed by atoms with van der Waals surface area (Å²) in [4.78, 5) is 14.3. The molecule has 0 spiro atoms. The molecule has 0 radical (unpaired) electrons. The van der Waals surface area contributed by atoms with Gasteiger partial charge in [0.15, 0.2) is 0 Å². The van der Waals surface area contributed by atoms with Gasteiger partial charge in [-0.15, -0.1) is 0 Å². The molecule has 1 saturated heterocycles. The minimum absolute atomic E-state index is 0.793. The van der Waals surface area contributed by atoms with Gasteiger partial charge < -0.3 is 4.90 Å². The summed E-state index contributed by atoms with van der Waals surface area (Å²) < 4.78 is 0. The standard InChI is InChI=1S/C19H23ClN4/c20-16-5-7-17(8-6-16)24-11-9-23(10-12-24)14-19-21-13-15-3-1-2-4-18(15)22-19/h5-8,13H,1-4,9-12,14H2.